The Kier molecular flexibility index (Phi) is 5.08. The summed E-state index contributed by atoms with van der Waals surface area (Å²) in [5.41, 5.74) is 11.4. The Morgan fingerprint density at radius 2 is 0.774 bits per heavy atom. The summed E-state index contributed by atoms with van der Waals surface area (Å²) in [6, 6.07) is 35.7. The van der Waals surface area contributed by atoms with E-state index in [1.165, 1.54) is 38.2 Å². The molecule has 0 fully saturated rings. The summed E-state index contributed by atoms with van der Waals surface area (Å²) < 4.78 is 0. The van der Waals surface area contributed by atoms with Crippen molar-refractivity contribution in [3.8, 4) is 0 Å². The fourth-order valence-corrected chi connectivity index (χ4v) is 4.09. The molecule has 1 heteroatoms. The number of fused-ring (bicyclic) bond motifs is 2. The molecule has 0 saturated heterocycles. The molecule has 5 aromatic rings. The van der Waals surface area contributed by atoms with E-state index in [0.29, 0.717) is 0 Å². The second-order valence-corrected chi connectivity index (χ2v) is 7.66. The van der Waals surface area contributed by atoms with Crippen LogP contribution < -0.4 is 5.73 Å². The third kappa shape index (κ3) is 3.86. The zero-order valence-electron chi connectivity index (χ0n) is 17.2. The highest BCUT2D eigenvalue weighted by Crippen LogP contribution is 2.35. The third-order valence-electron chi connectivity index (χ3n) is 5.64. The fourth-order valence-electron chi connectivity index (χ4n) is 4.09. The molecule has 0 aliphatic carbocycles. The minimum atomic E-state index is 0.780. The summed E-state index contributed by atoms with van der Waals surface area (Å²) in [5, 5.41) is 5.01. The summed E-state index contributed by atoms with van der Waals surface area (Å²) in [6.07, 6.45) is 8.82. The number of nitrogen functional groups attached to an aromatic ring is 1. The SMILES string of the molecule is Nc1ccc(C=Cc2c3ccccc3c(C=Cc3ccccc3)c3ccccc23)cc1. The lowest BCUT2D eigenvalue weighted by Gasteiger charge is -2.13. The van der Waals surface area contributed by atoms with E-state index in [4.69, 9.17) is 5.73 Å². The largest absolute Gasteiger partial charge is 0.399 e. The van der Waals surface area contributed by atoms with Gasteiger partial charge in [-0.1, -0.05) is 115 Å². The highest BCUT2D eigenvalue weighted by Gasteiger charge is 2.10. The number of hydrogen-bond donors (Lipinski definition) is 1. The topological polar surface area (TPSA) is 26.0 Å². The highest BCUT2D eigenvalue weighted by atomic mass is 14.5. The van der Waals surface area contributed by atoms with Gasteiger partial charge in [-0.25, -0.2) is 0 Å². The van der Waals surface area contributed by atoms with Crippen molar-refractivity contribution in [2.45, 2.75) is 0 Å². The Hall–Kier alpha value is -4.10. The van der Waals surface area contributed by atoms with E-state index in [1.807, 2.05) is 30.3 Å². The van der Waals surface area contributed by atoms with Gasteiger partial charge in [-0.05, 0) is 55.9 Å². The van der Waals surface area contributed by atoms with Crippen LogP contribution in [0.3, 0.4) is 0 Å². The van der Waals surface area contributed by atoms with Crippen molar-refractivity contribution in [1.29, 1.82) is 0 Å². The van der Waals surface area contributed by atoms with Crippen LogP contribution in [0.4, 0.5) is 5.69 Å². The molecule has 2 N–H and O–H groups in total. The second-order valence-electron chi connectivity index (χ2n) is 7.66. The maximum absolute atomic E-state index is 5.84. The summed E-state index contributed by atoms with van der Waals surface area (Å²) in [7, 11) is 0. The van der Waals surface area contributed by atoms with Crippen LogP contribution in [-0.4, -0.2) is 0 Å². The van der Waals surface area contributed by atoms with Gasteiger partial charge < -0.3 is 5.73 Å². The standard InChI is InChI=1S/C30H23N/c31-24-18-14-23(15-19-24)17-21-30-27-12-6-4-10-25(27)29(26-11-5-7-13-28(26)30)20-16-22-8-2-1-3-9-22/h1-21H,31H2. The van der Waals surface area contributed by atoms with Gasteiger partial charge in [0.05, 0.1) is 0 Å². The van der Waals surface area contributed by atoms with Crippen LogP contribution in [0.2, 0.25) is 0 Å². The van der Waals surface area contributed by atoms with Crippen molar-refractivity contribution in [3.63, 3.8) is 0 Å². The van der Waals surface area contributed by atoms with Crippen molar-refractivity contribution in [2.24, 2.45) is 0 Å². The van der Waals surface area contributed by atoms with Crippen molar-refractivity contribution >= 4 is 51.5 Å². The maximum Gasteiger partial charge on any atom is 0.0314 e. The van der Waals surface area contributed by atoms with Gasteiger partial charge in [0.1, 0.15) is 0 Å². The first-order valence-electron chi connectivity index (χ1n) is 10.5. The van der Waals surface area contributed by atoms with Crippen molar-refractivity contribution < 1.29 is 0 Å². The molecule has 1 nitrogen and oxygen atoms in total. The molecular formula is C30H23N. The van der Waals surface area contributed by atoms with E-state index >= 15 is 0 Å². The molecule has 0 bridgehead atoms. The zero-order valence-corrected chi connectivity index (χ0v) is 17.2. The fraction of sp³-hybridized carbons (Fsp3) is 0. The van der Waals surface area contributed by atoms with E-state index in [1.54, 1.807) is 0 Å². The number of nitrogens with two attached hydrogens (primary N) is 1. The molecule has 0 saturated carbocycles. The molecule has 31 heavy (non-hydrogen) atoms. The molecule has 5 rings (SSSR count). The van der Waals surface area contributed by atoms with Gasteiger partial charge in [-0.2, -0.15) is 0 Å². The van der Waals surface area contributed by atoms with Crippen LogP contribution in [-0.2, 0) is 0 Å². The summed E-state index contributed by atoms with van der Waals surface area (Å²) in [4.78, 5) is 0. The van der Waals surface area contributed by atoms with Gasteiger partial charge in [-0.15, -0.1) is 0 Å². The zero-order chi connectivity index (χ0) is 21.0. The average Bonchev–Trinajstić information content (AvgIpc) is 2.83. The van der Waals surface area contributed by atoms with Crippen LogP contribution in [0.5, 0.6) is 0 Å². The molecule has 0 unspecified atom stereocenters. The van der Waals surface area contributed by atoms with Crippen molar-refractivity contribution in [3.05, 3.63) is 125 Å². The Labute approximate surface area is 182 Å². The van der Waals surface area contributed by atoms with E-state index in [0.717, 1.165) is 11.3 Å². The molecule has 148 valence electrons. The quantitative estimate of drug-likeness (QED) is 0.186. The molecule has 0 heterocycles. The van der Waals surface area contributed by atoms with Gasteiger partial charge in [0, 0.05) is 5.69 Å². The Balaban J connectivity index is 1.72. The monoisotopic (exact) mass is 397 g/mol. The third-order valence-corrected chi connectivity index (χ3v) is 5.64. The number of benzene rings is 5. The smallest absolute Gasteiger partial charge is 0.0314 e. The molecule has 0 aromatic heterocycles. The minimum absolute atomic E-state index is 0.780. The van der Waals surface area contributed by atoms with Gasteiger partial charge in [-0.3, -0.25) is 0 Å². The number of anilines is 1. The van der Waals surface area contributed by atoms with Gasteiger partial charge >= 0.3 is 0 Å². The first-order valence-corrected chi connectivity index (χ1v) is 10.5. The first kappa shape index (κ1) is 18.9. The normalized spacial score (nSPS) is 11.7. The predicted octanol–water partition coefficient (Wildman–Crippen LogP) is 7.92. The van der Waals surface area contributed by atoms with Crippen LogP contribution in [0.25, 0.3) is 45.8 Å². The van der Waals surface area contributed by atoms with E-state index in [9.17, 15) is 0 Å². The van der Waals surface area contributed by atoms with Gasteiger partial charge in [0.15, 0.2) is 0 Å². The second kappa shape index (κ2) is 8.33. The number of rotatable bonds is 4. The molecule has 0 aliphatic heterocycles. The van der Waals surface area contributed by atoms with Crippen LogP contribution in [0.1, 0.15) is 22.3 Å². The first-order chi connectivity index (χ1) is 15.3. The lowest BCUT2D eigenvalue weighted by atomic mass is 9.91. The van der Waals surface area contributed by atoms with Crippen LogP contribution in [0.15, 0.2) is 103 Å². The van der Waals surface area contributed by atoms with Gasteiger partial charge in [0.2, 0.25) is 0 Å². The molecule has 0 radical (unpaired) electrons. The molecule has 0 amide bonds. The van der Waals surface area contributed by atoms with E-state index in [2.05, 4.69) is 97.1 Å². The molecule has 0 aliphatic rings. The average molecular weight is 398 g/mol. The Morgan fingerprint density at radius 1 is 0.387 bits per heavy atom. The molecular weight excluding hydrogens is 374 g/mol. The summed E-state index contributed by atoms with van der Waals surface area (Å²) in [6.45, 7) is 0. The summed E-state index contributed by atoms with van der Waals surface area (Å²) in [5.74, 6) is 0. The lowest BCUT2D eigenvalue weighted by molar-refractivity contribution is 1.65. The Bertz CT molecular complexity index is 1350. The lowest BCUT2D eigenvalue weighted by Crippen LogP contribution is -1.88. The van der Waals surface area contributed by atoms with E-state index in [-0.39, 0.29) is 0 Å². The predicted molar refractivity (Wildman–Crippen MR) is 137 cm³/mol. The van der Waals surface area contributed by atoms with Gasteiger partial charge in [0.25, 0.3) is 0 Å². The molecule has 0 spiro atoms. The highest BCUT2D eigenvalue weighted by molar-refractivity contribution is 6.14. The van der Waals surface area contributed by atoms with Crippen LogP contribution >= 0.6 is 0 Å². The molecule has 5 aromatic carbocycles. The Morgan fingerprint density at radius 3 is 1.23 bits per heavy atom. The van der Waals surface area contributed by atoms with Crippen molar-refractivity contribution in [1.82, 2.24) is 0 Å². The maximum atomic E-state index is 5.84. The van der Waals surface area contributed by atoms with Crippen LogP contribution in [0, 0.1) is 0 Å². The summed E-state index contributed by atoms with van der Waals surface area (Å²) >= 11 is 0. The molecule has 0 atom stereocenters. The number of hydrogen-bond acceptors (Lipinski definition) is 1. The van der Waals surface area contributed by atoms with E-state index < -0.39 is 0 Å². The van der Waals surface area contributed by atoms with Crippen molar-refractivity contribution in [2.75, 3.05) is 5.73 Å². The minimum Gasteiger partial charge on any atom is -0.399 e.